The van der Waals surface area contributed by atoms with Crippen molar-refractivity contribution in [2.24, 2.45) is 0 Å². The Morgan fingerprint density at radius 1 is 1.00 bits per heavy atom. The van der Waals surface area contributed by atoms with E-state index in [0.717, 1.165) is 11.4 Å². The van der Waals surface area contributed by atoms with Gasteiger partial charge >= 0.3 is 12.1 Å². The van der Waals surface area contributed by atoms with Crippen LogP contribution in [-0.4, -0.2) is 35.4 Å². The number of carbonyl (C=O) groups excluding carboxylic acids is 1. The Balaban J connectivity index is 2.24. The molecule has 0 aliphatic carbocycles. The van der Waals surface area contributed by atoms with Crippen molar-refractivity contribution in [2.75, 3.05) is 11.4 Å². The van der Waals surface area contributed by atoms with Crippen molar-refractivity contribution in [3.8, 4) is 0 Å². The lowest BCUT2D eigenvalue weighted by Crippen LogP contribution is -2.49. The summed E-state index contributed by atoms with van der Waals surface area (Å²) in [6, 6.07) is 17.7. The fourth-order valence-corrected chi connectivity index (χ4v) is 2.39. The van der Waals surface area contributed by atoms with Crippen molar-refractivity contribution in [1.29, 1.82) is 0 Å². The second kappa shape index (κ2) is 8.38. The standard InChI is InChI=1S/C20H24N2O4/c1-20(2,3)26-19(25)21-17(18(23)24)14-22(15-10-6-4-7-11-15)16-12-8-5-9-13-16/h4-13,17H,14H2,1-3H3,(H,21,25)(H,23,24). The van der Waals surface area contributed by atoms with Crippen molar-refractivity contribution in [2.45, 2.75) is 32.4 Å². The molecule has 0 aliphatic heterocycles. The number of anilines is 2. The van der Waals surface area contributed by atoms with Gasteiger partial charge in [0.25, 0.3) is 0 Å². The summed E-state index contributed by atoms with van der Waals surface area (Å²) < 4.78 is 5.18. The molecule has 1 amide bonds. The number of carbonyl (C=O) groups is 2. The number of ether oxygens (including phenoxy) is 1. The average Bonchev–Trinajstić information content (AvgIpc) is 2.58. The molecule has 0 aliphatic rings. The Morgan fingerprint density at radius 2 is 1.46 bits per heavy atom. The lowest BCUT2D eigenvalue weighted by atomic mass is 10.2. The Labute approximate surface area is 153 Å². The van der Waals surface area contributed by atoms with E-state index in [9.17, 15) is 14.7 Å². The molecule has 0 bridgehead atoms. The van der Waals surface area contributed by atoms with Gasteiger partial charge in [-0.2, -0.15) is 0 Å². The molecule has 1 unspecified atom stereocenters. The highest BCUT2D eigenvalue weighted by Crippen LogP contribution is 2.25. The van der Waals surface area contributed by atoms with E-state index in [0.29, 0.717) is 0 Å². The first-order chi connectivity index (χ1) is 12.3. The van der Waals surface area contributed by atoms with Gasteiger partial charge in [0, 0.05) is 11.4 Å². The first-order valence-electron chi connectivity index (χ1n) is 8.36. The van der Waals surface area contributed by atoms with E-state index in [-0.39, 0.29) is 6.54 Å². The van der Waals surface area contributed by atoms with Crippen LogP contribution in [0.2, 0.25) is 0 Å². The zero-order valence-corrected chi connectivity index (χ0v) is 15.2. The maximum Gasteiger partial charge on any atom is 0.408 e. The minimum absolute atomic E-state index is 0.0581. The number of aliphatic carboxylic acids is 1. The van der Waals surface area contributed by atoms with Crippen LogP contribution in [0, 0.1) is 0 Å². The van der Waals surface area contributed by atoms with Crippen molar-refractivity contribution in [3.05, 3.63) is 60.7 Å². The molecule has 2 aromatic carbocycles. The highest BCUT2D eigenvalue weighted by atomic mass is 16.6. The zero-order chi connectivity index (χ0) is 19.2. The number of benzene rings is 2. The van der Waals surface area contributed by atoms with Crippen LogP contribution in [0.15, 0.2) is 60.7 Å². The maximum atomic E-state index is 12.0. The van der Waals surface area contributed by atoms with E-state index < -0.39 is 23.7 Å². The Kier molecular flexibility index (Phi) is 6.22. The zero-order valence-electron chi connectivity index (χ0n) is 15.2. The number of carboxylic acid groups (broad SMARTS) is 1. The summed E-state index contributed by atoms with van der Waals surface area (Å²) in [7, 11) is 0. The minimum Gasteiger partial charge on any atom is -0.480 e. The molecule has 6 nitrogen and oxygen atoms in total. The van der Waals surface area contributed by atoms with E-state index in [4.69, 9.17) is 4.74 Å². The predicted molar refractivity (Wildman–Crippen MR) is 101 cm³/mol. The lowest BCUT2D eigenvalue weighted by molar-refractivity contribution is -0.139. The van der Waals surface area contributed by atoms with Gasteiger partial charge in [0.05, 0.1) is 6.54 Å². The Hall–Kier alpha value is -3.02. The fourth-order valence-electron chi connectivity index (χ4n) is 2.39. The number of para-hydroxylation sites is 2. The average molecular weight is 356 g/mol. The monoisotopic (exact) mass is 356 g/mol. The van der Waals surface area contributed by atoms with Gasteiger partial charge in [0.1, 0.15) is 11.6 Å². The molecule has 2 rings (SSSR count). The fraction of sp³-hybridized carbons (Fsp3) is 0.300. The number of nitrogens with one attached hydrogen (secondary N) is 1. The summed E-state index contributed by atoms with van der Waals surface area (Å²) in [5.41, 5.74) is 0.956. The van der Waals surface area contributed by atoms with Gasteiger partial charge in [-0.3, -0.25) is 0 Å². The SMILES string of the molecule is CC(C)(C)OC(=O)NC(CN(c1ccccc1)c1ccccc1)C(=O)O. The van der Waals surface area contributed by atoms with Crippen molar-refractivity contribution in [1.82, 2.24) is 5.32 Å². The van der Waals surface area contributed by atoms with E-state index in [1.807, 2.05) is 65.6 Å². The van der Waals surface area contributed by atoms with Crippen LogP contribution in [0.3, 0.4) is 0 Å². The van der Waals surface area contributed by atoms with E-state index >= 15 is 0 Å². The highest BCUT2D eigenvalue weighted by molar-refractivity contribution is 5.81. The predicted octanol–water partition coefficient (Wildman–Crippen LogP) is 3.80. The second-order valence-corrected chi connectivity index (χ2v) is 6.82. The normalized spacial score (nSPS) is 12.1. The van der Waals surface area contributed by atoms with Gasteiger partial charge in [0.2, 0.25) is 0 Å². The van der Waals surface area contributed by atoms with Crippen LogP contribution in [-0.2, 0) is 9.53 Å². The molecule has 0 radical (unpaired) electrons. The molecule has 0 spiro atoms. The highest BCUT2D eigenvalue weighted by Gasteiger charge is 2.26. The minimum atomic E-state index is -1.13. The molecule has 1 atom stereocenters. The number of alkyl carbamates (subject to hydrolysis) is 1. The van der Waals surface area contributed by atoms with Gasteiger partial charge in [-0.05, 0) is 45.0 Å². The van der Waals surface area contributed by atoms with Crippen molar-refractivity contribution < 1.29 is 19.4 Å². The molecule has 0 saturated heterocycles. The largest absolute Gasteiger partial charge is 0.480 e. The summed E-state index contributed by atoms with van der Waals surface area (Å²) in [6.45, 7) is 5.23. The second-order valence-electron chi connectivity index (χ2n) is 6.82. The molecule has 0 heterocycles. The maximum absolute atomic E-state index is 12.0. The van der Waals surface area contributed by atoms with Crippen LogP contribution in [0.4, 0.5) is 16.2 Å². The number of hydrogen-bond acceptors (Lipinski definition) is 4. The lowest BCUT2D eigenvalue weighted by Gasteiger charge is -2.29. The van der Waals surface area contributed by atoms with Crippen LogP contribution < -0.4 is 10.2 Å². The smallest absolute Gasteiger partial charge is 0.408 e. The first-order valence-corrected chi connectivity index (χ1v) is 8.36. The topological polar surface area (TPSA) is 78.9 Å². The summed E-state index contributed by atoms with van der Waals surface area (Å²) in [6.07, 6.45) is -0.758. The summed E-state index contributed by atoms with van der Waals surface area (Å²) in [5, 5.41) is 12.0. The van der Waals surface area contributed by atoms with Gasteiger partial charge < -0.3 is 20.1 Å². The van der Waals surface area contributed by atoms with E-state index in [1.165, 1.54) is 0 Å². The number of rotatable bonds is 6. The molecular formula is C20H24N2O4. The Morgan fingerprint density at radius 3 is 1.85 bits per heavy atom. The molecule has 26 heavy (non-hydrogen) atoms. The molecule has 0 aromatic heterocycles. The summed E-state index contributed by atoms with van der Waals surface area (Å²) in [5.74, 6) is -1.13. The van der Waals surface area contributed by atoms with Crippen LogP contribution in [0.25, 0.3) is 0 Å². The third kappa shape index (κ3) is 5.81. The van der Waals surface area contributed by atoms with Crippen LogP contribution in [0.5, 0.6) is 0 Å². The number of nitrogens with zero attached hydrogens (tertiary/aromatic N) is 1. The molecule has 0 fully saturated rings. The molecule has 2 aromatic rings. The third-order valence-corrected chi connectivity index (χ3v) is 3.49. The first kappa shape index (κ1) is 19.3. The molecule has 6 heteroatoms. The molecule has 0 saturated carbocycles. The van der Waals surface area contributed by atoms with E-state index in [2.05, 4.69) is 5.32 Å². The third-order valence-electron chi connectivity index (χ3n) is 3.49. The summed E-state index contributed by atoms with van der Waals surface area (Å²) >= 11 is 0. The number of carboxylic acids is 1. The number of amides is 1. The molecule has 2 N–H and O–H groups in total. The quantitative estimate of drug-likeness (QED) is 0.823. The summed E-state index contributed by atoms with van der Waals surface area (Å²) in [4.78, 5) is 25.6. The van der Waals surface area contributed by atoms with Crippen LogP contribution >= 0.6 is 0 Å². The van der Waals surface area contributed by atoms with Gasteiger partial charge in [-0.25, -0.2) is 9.59 Å². The molecular weight excluding hydrogens is 332 g/mol. The van der Waals surface area contributed by atoms with Gasteiger partial charge in [-0.1, -0.05) is 36.4 Å². The Bertz CT molecular complexity index is 687. The van der Waals surface area contributed by atoms with Gasteiger partial charge in [-0.15, -0.1) is 0 Å². The number of hydrogen-bond donors (Lipinski definition) is 2. The van der Waals surface area contributed by atoms with Crippen LogP contribution in [0.1, 0.15) is 20.8 Å². The molecule has 138 valence electrons. The van der Waals surface area contributed by atoms with E-state index in [1.54, 1.807) is 20.8 Å². The van der Waals surface area contributed by atoms with Gasteiger partial charge in [0.15, 0.2) is 0 Å². The van der Waals surface area contributed by atoms with Crippen molar-refractivity contribution in [3.63, 3.8) is 0 Å². The van der Waals surface area contributed by atoms with Crippen molar-refractivity contribution >= 4 is 23.4 Å².